The second-order valence-corrected chi connectivity index (χ2v) is 8.48. The Morgan fingerprint density at radius 1 is 1.07 bits per heavy atom. The summed E-state index contributed by atoms with van der Waals surface area (Å²) in [6.45, 7) is 6.10. The topological polar surface area (TPSA) is 70.7 Å². The smallest absolute Gasteiger partial charge is 0.315 e. The number of rotatable bonds is 7. The second-order valence-electron chi connectivity index (χ2n) is 8.48. The molecule has 1 saturated carbocycles. The third-order valence-electron chi connectivity index (χ3n) is 6.40. The average Bonchev–Trinajstić information content (AvgIpc) is 2.79. The molecule has 1 aliphatic heterocycles. The molecule has 2 fully saturated rings. The number of para-hydroxylation sites is 1. The Bertz CT molecular complexity index is 695. The van der Waals surface area contributed by atoms with Crippen molar-refractivity contribution < 1.29 is 14.3 Å². The molecule has 30 heavy (non-hydrogen) atoms. The first-order valence-electron chi connectivity index (χ1n) is 11.7. The van der Waals surface area contributed by atoms with Crippen molar-refractivity contribution in [2.45, 2.75) is 77.3 Å². The molecule has 1 saturated heterocycles. The van der Waals surface area contributed by atoms with Crippen LogP contribution in [0.2, 0.25) is 0 Å². The summed E-state index contributed by atoms with van der Waals surface area (Å²) in [6.07, 6.45) is 8.13. The van der Waals surface area contributed by atoms with Gasteiger partial charge in [-0.05, 0) is 45.1 Å². The van der Waals surface area contributed by atoms with Crippen LogP contribution in [0.15, 0.2) is 24.3 Å². The number of likely N-dealkylation sites (tertiary alicyclic amines) is 1. The molecule has 166 valence electrons. The molecule has 1 atom stereocenters. The summed E-state index contributed by atoms with van der Waals surface area (Å²) >= 11 is 0. The van der Waals surface area contributed by atoms with Crippen molar-refractivity contribution >= 4 is 11.9 Å². The van der Waals surface area contributed by atoms with Crippen LogP contribution in [-0.4, -0.2) is 42.6 Å². The molecular formula is C24H37N3O3. The minimum atomic E-state index is -0.148. The van der Waals surface area contributed by atoms with E-state index < -0.39 is 0 Å². The van der Waals surface area contributed by atoms with Gasteiger partial charge in [-0.15, -0.1) is 0 Å². The standard InChI is InChI=1S/C24H37N3O3/c1-3-21(20-12-8-9-13-22(20)30-4-2)26-24(29)25-19-14-16-27(17-15-19)23(28)18-10-6-5-7-11-18/h8-9,12-13,18-19,21H,3-7,10-11,14-17H2,1-2H3,(H2,25,26,29). The van der Waals surface area contributed by atoms with Crippen molar-refractivity contribution in [3.05, 3.63) is 29.8 Å². The molecule has 1 aromatic rings. The SMILES string of the molecule is CCOc1ccccc1C(CC)NC(=O)NC1CCN(C(=O)C2CCCCC2)CC1. The highest BCUT2D eigenvalue weighted by Crippen LogP contribution is 2.28. The van der Waals surface area contributed by atoms with E-state index in [1.807, 2.05) is 36.1 Å². The van der Waals surface area contributed by atoms with Crippen LogP contribution in [0.3, 0.4) is 0 Å². The summed E-state index contributed by atoms with van der Waals surface area (Å²) in [5.41, 5.74) is 1.00. The maximum atomic E-state index is 12.7. The van der Waals surface area contributed by atoms with Gasteiger partial charge >= 0.3 is 6.03 Å². The fourth-order valence-corrected chi connectivity index (χ4v) is 4.69. The number of urea groups is 1. The highest BCUT2D eigenvalue weighted by atomic mass is 16.5. The highest BCUT2D eigenvalue weighted by molar-refractivity contribution is 5.79. The summed E-state index contributed by atoms with van der Waals surface area (Å²) in [6, 6.07) is 7.74. The zero-order valence-corrected chi connectivity index (χ0v) is 18.5. The Balaban J connectivity index is 1.48. The molecule has 1 unspecified atom stereocenters. The van der Waals surface area contributed by atoms with Gasteiger partial charge in [0.2, 0.25) is 5.91 Å². The normalized spacial score (nSPS) is 19.2. The summed E-state index contributed by atoms with van der Waals surface area (Å²) in [5, 5.41) is 6.22. The Kier molecular flexibility index (Phi) is 8.40. The van der Waals surface area contributed by atoms with E-state index in [2.05, 4.69) is 17.6 Å². The van der Waals surface area contributed by atoms with E-state index in [4.69, 9.17) is 4.74 Å². The number of hydrogen-bond acceptors (Lipinski definition) is 3. The number of nitrogens with zero attached hydrogens (tertiary/aromatic N) is 1. The number of ether oxygens (including phenoxy) is 1. The number of hydrogen-bond donors (Lipinski definition) is 2. The fourth-order valence-electron chi connectivity index (χ4n) is 4.69. The zero-order valence-electron chi connectivity index (χ0n) is 18.5. The molecule has 0 radical (unpaired) electrons. The molecule has 1 aromatic carbocycles. The van der Waals surface area contributed by atoms with Gasteiger partial charge in [0, 0.05) is 30.6 Å². The van der Waals surface area contributed by atoms with Crippen LogP contribution in [0.5, 0.6) is 5.75 Å². The number of carbonyl (C=O) groups excluding carboxylic acids is 2. The van der Waals surface area contributed by atoms with E-state index in [1.54, 1.807) is 0 Å². The van der Waals surface area contributed by atoms with E-state index >= 15 is 0 Å². The molecule has 6 nitrogen and oxygen atoms in total. The van der Waals surface area contributed by atoms with Gasteiger partial charge in [0.1, 0.15) is 5.75 Å². The molecule has 3 amide bonds. The first kappa shape index (κ1) is 22.4. The van der Waals surface area contributed by atoms with Crippen LogP contribution >= 0.6 is 0 Å². The Morgan fingerprint density at radius 3 is 2.43 bits per heavy atom. The number of nitrogens with one attached hydrogen (secondary N) is 2. The van der Waals surface area contributed by atoms with E-state index in [-0.39, 0.29) is 24.0 Å². The van der Waals surface area contributed by atoms with Gasteiger partial charge in [0.25, 0.3) is 0 Å². The summed E-state index contributed by atoms with van der Waals surface area (Å²) < 4.78 is 5.73. The third-order valence-corrected chi connectivity index (χ3v) is 6.40. The van der Waals surface area contributed by atoms with Crippen molar-refractivity contribution in [1.82, 2.24) is 15.5 Å². The van der Waals surface area contributed by atoms with Gasteiger partial charge < -0.3 is 20.3 Å². The molecule has 1 heterocycles. The third kappa shape index (κ3) is 5.89. The van der Waals surface area contributed by atoms with E-state index in [9.17, 15) is 9.59 Å². The van der Waals surface area contributed by atoms with E-state index in [0.29, 0.717) is 12.5 Å². The molecule has 6 heteroatoms. The van der Waals surface area contributed by atoms with Crippen LogP contribution in [-0.2, 0) is 4.79 Å². The van der Waals surface area contributed by atoms with E-state index in [1.165, 1.54) is 19.3 Å². The van der Waals surface area contributed by atoms with Crippen LogP contribution < -0.4 is 15.4 Å². The van der Waals surface area contributed by atoms with Crippen molar-refractivity contribution in [3.8, 4) is 5.75 Å². The van der Waals surface area contributed by atoms with Gasteiger partial charge in [0.15, 0.2) is 0 Å². The maximum absolute atomic E-state index is 12.7. The monoisotopic (exact) mass is 415 g/mol. The minimum absolute atomic E-state index is 0.0966. The summed E-state index contributed by atoms with van der Waals surface area (Å²) in [4.78, 5) is 27.4. The Hall–Kier alpha value is -2.24. The molecule has 2 N–H and O–H groups in total. The lowest BCUT2D eigenvalue weighted by Crippen LogP contribution is -2.50. The Labute approximate surface area is 180 Å². The van der Waals surface area contributed by atoms with Crippen molar-refractivity contribution in [2.75, 3.05) is 19.7 Å². The van der Waals surface area contributed by atoms with Gasteiger partial charge in [0.05, 0.1) is 12.6 Å². The van der Waals surface area contributed by atoms with Crippen LogP contribution in [0, 0.1) is 5.92 Å². The highest BCUT2D eigenvalue weighted by Gasteiger charge is 2.29. The minimum Gasteiger partial charge on any atom is -0.494 e. The lowest BCUT2D eigenvalue weighted by Gasteiger charge is -2.35. The molecule has 0 spiro atoms. The van der Waals surface area contributed by atoms with Crippen molar-refractivity contribution in [1.29, 1.82) is 0 Å². The van der Waals surface area contributed by atoms with Crippen LogP contribution in [0.25, 0.3) is 0 Å². The predicted molar refractivity (Wildman–Crippen MR) is 118 cm³/mol. The second kappa shape index (κ2) is 11.2. The van der Waals surface area contributed by atoms with Crippen LogP contribution in [0.1, 0.15) is 76.8 Å². The molecule has 2 aliphatic rings. The van der Waals surface area contributed by atoms with Crippen LogP contribution in [0.4, 0.5) is 4.79 Å². The largest absolute Gasteiger partial charge is 0.494 e. The Morgan fingerprint density at radius 2 is 1.77 bits per heavy atom. The summed E-state index contributed by atoms with van der Waals surface area (Å²) in [7, 11) is 0. The van der Waals surface area contributed by atoms with Crippen molar-refractivity contribution in [3.63, 3.8) is 0 Å². The number of benzene rings is 1. The lowest BCUT2D eigenvalue weighted by atomic mass is 9.87. The van der Waals surface area contributed by atoms with Gasteiger partial charge in [-0.3, -0.25) is 4.79 Å². The number of amides is 3. The summed E-state index contributed by atoms with van der Waals surface area (Å²) in [5.74, 6) is 1.38. The average molecular weight is 416 g/mol. The molecule has 0 aromatic heterocycles. The van der Waals surface area contributed by atoms with Gasteiger partial charge in [-0.25, -0.2) is 4.79 Å². The molecule has 0 bridgehead atoms. The molecular weight excluding hydrogens is 378 g/mol. The lowest BCUT2D eigenvalue weighted by molar-refractivity contribution is -0.137. The van der Waals surface area contributed by atoms with Crippen molar-refractivity contribution in [2.24, 2.45) is 5.92 Å². The first-order valence-corrected chi connectivity index (χ1v) is 11.7. The maximum Gasteiger partial charge on any atom is 0.315 e. The van der Waals surface area contributed by atoms with E-state index in [0.717, 1.165) is 56.5 Å². The van der Waals surface area contributed by atoms with Gasteiger partial charge in [-0.1, -0.05) is 44.4 Å². The molecule has 1 aliphatic carbocycles. The quantitative estimate of drug-likeness (QED) is 0.693. The first-order chi connectivity index (χ1) is 14.6. The molecule has 3 rings (SSSR count). The fraction of sp³-hybridized carbons (Fsp3) is 0.667. The predicted octanol–water partition coefficient (Wildman–Crippen LogP) is 4.41. The number of carbonyl (C=O) groups is 2. The number of piperidine rings is 1. The zero-order chi connectivity index (χ0) is 21.3. The van der Waals surface area contributed by atoms with Gasteiger partial charge in [-0.2, -0.15) is 0 Å².